The molecule has 0 N–H and O–H groups in total. The molecule has 3 rings (SSSR count). The fourth-order valence-electron chi connectivity index (χ4n) is 4.65. The fraction of sp³-hybridized carbons (Fsp3) is 0.455. The third kappa shape index (κ3) is 3.60. The summed E-state index contributed by atoms with van der Waals surface area (Å²) in [6, 6.07) is 10.3. The molecule has 0 amide bonds. The van der Waals surface area contributed by atoms with Crippen LogP contribution in [0.4, 0.5) is 0 Å². The van der Waals surface area contributed by atoms with Gasteiger partial charge in [0.15, 0.2) is 0 Å². The molecule has 0 fully saturated rings. The normalized spacial score (nSPS) is 17.9. The molecule has 0 aliphatic carbocycles. The Kier molecular flexibility index (Phi) is 5.64. The first-order valence-electron chi connectivity index (χ1n) is 10.2. The number of rotatable bonds is 2. The van der Waals surface area contributed by atoms with Crippen LogP contribution in [0.3, 0.4) is 0 Å². The highest BCUT2D eigenvalue weighted by atomic mass is 79.9. The molecule has 0 atom stereocenters. The molecule has 2 aromatic rings. The zero-order valence-corrected chi connectivity index (χ0v) is 26.2. The summed E-state index contributed by atoms with van der Waals surface area (Å²) in [5.41, 5.74) is 0. The minimum atomic E-state index is -1.75. The maximum absolute atomic E-state index is 3.97. The number of halogens is 2. The molecule has 1 aliphatic heterocycles. The van der Waals surface area contributed by atoms with Gasteiger partial charge < -0.3 is 0 Å². The van der Waals surface area contributed by atoms with Gasteiger partial charge >= 0.3 is 0 Å². The molecule has 152 valence electrons. The van der Waals surface area contributed by atoms with E-state index in [0.29, 0.717) is 0 Å². The number of benzene rings is 2. The number of hydrogen-bond donors (Lipinski definition) is 0. The first-order chi connectivity index (χ1) is 12.5. The van der Waals surface area contributed by atoms with E-state index in [1.165, 1.54) is 8.95 Å². The van der Waals surface area contributed by atoms with Gasteiger partial charge in [-0.25, -0.2) is 0 Å². The van der Waals surface area contributed by atoms with Crippen molar-refractivity contribution in [2.75, 3.05) is 0 Å². The van der Waals surface area contributed by atoms with Crippen LogP contribution < -0.4 is 31.1 Å². The second-order valence-electron chi connectivity index (χ2n) is 11.5. The van der Waals surface area contributed by atoms with E-state index in [2.05, 4.69) is 122 Å². The van der Waals surface area contributed by atoms with Crippen molar-refractivity contribution >= 4 is 95.3 Å². The van der Waals surface area contributed by atoms with E-state index in [9.17, 15) is 0 Å². The molecule has 0 unspecified atom stereocenters. The van der Waals surface area contributed by atoms with Gasteiger partial charge in [0.2, 0.25) is 0 Å². The highest BCUT2D eigenvalue weighted by Crippen LogP contribution is 2.22. The Labute approximate surface area is 192 Å². The van der Waals surface area contributed by atoms with Crippen LogP contribution in [0.1, 0.15) is 0 Å². The SMILES string of the molecule is C[Si](C)(C)c1cc2c(cc1Br)[Si](C)(C)c1cc([Si](C)(C)C)c(Br)cc1[Si]2(C)C. The van der Waals surface area contributed by atoms with Gasteiger partial charge in [0.1, 0.15) is 16.1 Å². The van der Waals surface area contributed by atoms with Crippen LogP contribution in [0.2, 0.25) is 65.5 Å². The Morgan fingerprint density at radius 2 is 0.786 bits per heavy atom. The van der Waals surface area contributed by atoms with Crippen LogP contribution in [0.5, 0.6) is 0 Å². The summed E-state index contributed by atoms with van der Waals surface area (Å²) in [7, 11) is -6.28. The Hall–Kier alpha value is 0.268. The van der Waals surface area contributed by atoms with E-state index in [0.717, 1.165) is 0 Å². The van der Waals surface area contributed by atoms with Crippen molar-refractivity contribution < 1.29 is 0 Å². The maximum Gasteiger partial charge on any atom is 0.112 e. The van der Waals surface area contributed by atoms with Crippen LogP contribution in [0.25, 0.3) is 0 Å². The summed E-state index contributed by atoms with van der Waals surface area (Å²) in [6.45, 7) is 25.0. The lowest BCUT2D eigenvalue weighted by Gasteiger charge is -2.43. The Bertz CT molecular complexity index is 884. The number of fused-ring (bicyclic) bond motifs is 2. The van der Waals surface area contributed by atoms with Crippen molar-refractivity contribution in [2.24, 2.45) is 0 Å². The van der Waals surface area contributed by atoms with Crippen molar-refractivity contribution in [1.82, 2.24) is 0 Å². The van der Waals surface area contributed by atoms with E-state index in [1.807, 2.05) is 0 Å². The Morgan fingerprint density at radius 1 is 0.536 bits per heavy atom. The molecule has 28 heavy (non-hydrogen) atoms. The lowest BCUT2D eigenvalue weighted by Crippen LogP contribution is -2.79. The van der Waals surface area contributed by atoms with Crippen LogP contribution in [0, 0.1) is 0 Å². The quantitative estimate of drug-likeness (QED) is 0.474. The van der Waals surface area contributed by atoms with Crippen molar-refractivity contribution in [3.05, 3.63) is 33.2 Å². The lowest BCUT2D eigenvalue weighted by molar-refractivity contribution is 1.60. The predicted molar refractivity (Wildman–Crippen MR) is 148 cm³/mol. The molecule has 1 aliphatic rings. The smallest absolute Gasteiger partial charge is 0.0656 e. The average molecular weight is 571 g/mol. The van der Waals surface area contributed by atoms with Gasteiger partial charge in [0.25, 0.3) is 0 Å². The van der Waals surface area contributed by atoms with E-state index in [1.54, 1.807) is 31.1 Å². The Balaban J connectivity index is 2.39. The van der Waals surface area contributed by atoms with Crippen molar-refractivity contribution in [2.45, 2.75) is 65.5 Å². The molecule has 0 saturated carbocycles. The zero-order chi connectivity index (χ0) is 21.4. The molecule has 0 aromatic heterocycles. The first-order valence-corrected chi connectivity index (χ1v) is 24.8. The van der Waals surface area contributed by atoms with Crippen molar-refractivity contribution in [3.63, 3.8) is 0 Å². The summed E-state index contributed by atoms with van der Waals surface area (Å²) >= 11 is 7.94. The highest BCUT2D eigenvalue weighted by Gasteiger charge is 2.45. The zero-order valence-electron chi connectivity index (χ0n) is 19.1. The topological polar surface area (TPSA) is 0 Å². The summed E-state index contributed by atoms with van der Waals surface area (Å²) in [5, 5.41) is 9.91. The lowest BCUT2D eigenvalue weighted by atomic mass is 10.3. The minimum Gasteiger partial charge on any atom is -0.0656 e. The summed E-state index contributed by atoms with van der Waals surface area (Å²) in [6.07, 6.45) is 0. The molecule has 0 saturated heterocycles. The van der Waals surface area contributed by atoms with E-state index in [4.69, 9.17) is 0 Å². The van der Waals surface area contributed by atoms with Gasteiger partial charge in [-0.1, -0.05) is 130 Å². The van der Waals surface area contributed by atoms with Crippen molar-refractivity contribution in [3.8, 4) is 0 Å². The molecule has 0 spiro atoms. The highest BCUT2D eigenvalue weighted by molar-refractivity contribution is 9.11. The van der Waals surface area contributed by atoms with Crippen molar-refractivity contribution in [1.29, 1.82) is 0 Å². The van der Waals surface area contributed by atoms with Gasteiger partial charge in [-0.05, 0) is 22.5 Å². The molecule has 0 radical (unpaired) electrons. The van der Waals surface area contributed by atoms with E-state index < -0.39 is 32.3 Å². The maximum atomic E-state index is 3.97. The summed E-state index contributed by atoms with van der Waals surface area (Å²) in [5.74, 6) is 0. The summed E-state index contributed by atoms with van der Waals surface area (Å²) < 4.78 is 2.70. The second-order valence-corrected chi connectivity index (χ2v) is 31.9. The molecular weight excluding hydrogens is 536 g/mol. The van der Waals surface area contributed by atoms with Gasteiger partial charge in [-0.3, -0.25) is 0 Å². The standard InChI is InChI=1S/C22H34Br2Si4/c1-25(2,3)17-13-21-19(11-15(17)23)28(9,10)22-14-18(26(4,5)6)16(24)12-20(22)27(21,7)8/h11-14H,1-10H3. The molecule has 0 nitrogen and oxygen atoms in total. The van der Waals surface area contributed by atoms with Gasteiger partial charge in [0, 0.05) is 8.95 Å². The van der Waals surface area contributed by atoms with Gasteiger partial charge in [0.05, 0.1) is 16.1 Å². The molecule has 2 aromatic carbocycles. The fourth-order valence-corrected chi connectivity index (χ4v) is 21.7. The van der Waals surface area contributed by atoms with Crippen LogP contribution >= 0.6 is 31.9 Å². The van der Waals surface area contributed by atoms with E-state index in [-0.39, 0.29) is 0 Å². The van der Waals surface area contributed by atoms with E-state index >= 15 is 0 Å². The first kappa shape index (κ1) is 22.9. The average Bonchev–Trinajstić information content (AvgIpc) is 2.50. The molecule has 1 heterocycles. The number of hydrogen-bond acceptors (Lipinski definition) is 0. The third-order valence-corrected chi connectivity index (χ3v) is 20.2. The molecule has 0 bridgehead atoms. The van der Waals surface area contributed by atoms with Crippen LogP contribution in [0.15, 0.2) is 33.2 Å². The molecular formula is C22H34Br2Si4. The summed E-state index contributed by atoms with van der Waals surface area (Å²) in [4.78, 5) is 0. The Morgan fingerprint density at radius 3 is 1.04 bits per heavy atom. The van der Waals surface area contributed by atoms with Gasteiger partial charge in [-0.2, -0.15) is 0 Å². The molecule has 6 heteroatoms. The second kappa shape index (κ2) is 6.89. The monoisotopic (exact) mass is 568 g/mol. The predicted octanol–water partition coefficient (Wildman–Crippen LogP) is 4.26. The van der Waals surface area contributed by atoms with Crippen LogP contribution in [-0.2, 0) is 0 Å². The largest absolute Gasteiger partial charge is 0.112 e. The minimum absolute atomic E-state index is 1.35. The van der Waals surface area contributed by atoms with Crippen LogP contribution in [-0.4, -0.2) is 32.3 Å². The third-order valence-electron chi connectivity index (χ3n) is 6.52. The van der Waals surface area contributed by atoms with Gasteiger partial charge in [-0.15, -0.1) is 0 Å².